The van der Waals surface area contributed by atoms with Crippen LogP contribution in [-0.2, 0) is 4.79 Å². The maximum atomic E-state index is 12.1. The van der Waals surface area contributed by atoms with Gasteiger partial charge in [-0.15, -0.1) is 0 Å². The molecule has 2 atom stereocenters. The molecule has 1 aromatic carbocycles. The molecular weight excluding hydrogens is 240 g/mol. The van der Waals surface area contributed by atoms with Gasteiger partial charge in [-0.3, -0.25) is 4.79 Å². The normalized spacial score (nSPS) is 14.2. The van der Waals surface area contributed by atoms with E-state index < -0.39 is 6.04 Å². The highest BCUT2D eigenvalue weighted by atomic mass is 16.3. The highest BCUT2D eigenvalue weighted by molar-refractivity contribution is 5.83. The van der Waals surface area contributed by atoms with Gasteiger partial charge in [0.25, 0.3) is 0 Å². The lowest BCUT2D eigenvalue weighted by molar-refractivity contribution is -0.123. The Balaban J connectivity index is 2.68. The third kappa shape index (κ3) is 4.65. The molecule has 4 heteroatoms. The minimum absolute atomic E-state index is 0.0472. The van der Waals surface area contributed by atoms with Gasteiger partial charge in [0.15, 0.2) is 0 Å². The van der Waals surface area contributed by atoms with Gasteiger partial charge in [0.2, 0.25) is 5.91 Å². The molecule has 0 heterocycles. The number of nitrogens with one attached hydrogen (secondary N) is 1. The van der Waals surface area contributed by atoms with Crippen LogP contribution in [0, 0.1) is 12.8 Å². The lowest BCUT2D eigenvalue weighted by Gasteiger charge is -2.23. The van der Waals surface area contributed by atoms with E-state index >= 15 is 0 Å². The standard InChI is InChI=1S/C15H24N2O2/c1-10(2)13(8-9-18)17-15(19)14(16)12-6-4-11(3)5-7-12/h4-7,10,13-14,18H,8-9,16H2,1-3H3,(H,17,19). The number of aryl methyl sites for hydroxylation is 1. The second-order valence-corrected chi connectivity index (χ2v) is 5.26. The minimum atomic E-state index is -0.666. The summed E-state index contributed by atoms with van der Waals surface area (Å²) in [5.74, 6) is 0.0670. The van der Waals surface area contributed by atoms with Crippen molar-refractivity contribution in [1.82, 2.24) is 5.32 Å². The average Bonchev–Trinajstić information content (AvgIpc) is 2.38. The van der Waals surface area contributed by atoms with Crippen molar-refractivity contribution < 1.29 is 9.90 Å². The Labute approximate surface area is 115 Å². The van der Waals surface area contributed by atoms with Crippen LogP contribution in [0.2, 0.25) is 0 Å². The van der Waals surface area contributed by atoms with Crippen LogP contribution in [0.5, 0.6) is 0 Å². The summed E-state index contributed by atoms with van der Waals surface area (Å²) in [6, 6.07) is 6.91. The number of rotatable bonds is 6. The van der Waals surface area contributed by atoms with Crippen LogP contribution in [0.4, 0.5) is 0 Å². The summed E-state index contributed by atoms with van der Waals surface area (Å²) in [5, 5.41) is 11.9. The van der Waals surface area contributed by atoms with Crippen LogP contribution in [0.15, 0.2) is 24.3 Å². The van der Waals surface area contributed by atoms with Crippen molar-refractivity contribution in [2.75, 3.05) is 6.61 Å². The molecule has 2 unspecified atom stereocenters. The minimum Gasteiger partial charge on any atom is -0.396 e. The summed E-state index contributed by atoms with van der Waals surface area (Å²) in [6.45, 7) is 6.07. The molecule has 1 aromatic rings. The number of hydrogen-bond acceptors (Lipinski definition) is 3. The van der Waals surface area contributed by atoms with E-state index in [1.54, 1.807) is 0 Å². The summed E-state index contributed by atoms with van der Waals surface area (Å²) < 4.78 is 0. The number of nitrogens with two attached hydrogens (primary N) is 1. The van der Waals surface area contributed by atoms with Gasteiger partial charge in [0, 0.05) is 12.6 Å². The lowest BCUT2D eigenvalue weighted by atomic mass is 9.99. The molecule has 0 radical (unpaired) electrons. The molecular formula is C15H24N2O2. The Kier molecular flexibility index (Phi) is 5.99. The predicted octanol–water partition coefficient (Wildman–Crippen LogP) is 1.52. The van der Waals surface area contributed by atoms with Crippen molar-refractivity contribution in [3.8, 4) is 0 Å². The van der Waals surface area contributed by atoms with E-state index in [0.29, 0.717) is 6.42 Å². The number of benzene rings is 1. The lowest BCUT2D eigenvalue weighted by Crippen LogP contribution is -2.43. The Morgan fingerprint density at radius 3 is 2.37 bits per heavy atom. The van der Waals surface area contributed by atoms with Gasteiger partial charge in [-0.25, -0.2) is 0 Å². The van der Waals surface area contributed by atoms with Gasteiger partial charge >= 0.3 is 0 Å². The second kappa shape index (κ2) is 7.26. The number of aliphatic hydroxyl groups excluding tert-OH is 1. The third-order valence-corrected chi connectivity index (χ3v) is 3.29. The zero-order chi connectivity index (χ0) is 14.4. The van der Waals surface area contributed by atoms with Gasteiger partial charge < -0.3 is 16.2 Å². The predicted molar refractivity (Wildman–Crippen MR) is 76.6 cm³/mol. The number of hydrogen-bond donors (Lipinski definition) is 3. The van der Waals surface area contributed by atoms with E-state index in [4.69, 9.17) is 10.8 Å². The molecule has 1 amide bonds. The Bertz CT molecular complexity index is 401. The topological polar surface area (TPSA) is 75.4 Å². The molecule has 106 valence electrons. The first-order valence-electron chi connectivity index (χ1n) is 6.69. The SMILES string of the molecule is Cc1ccc(C(N)C(=O)NC(CCO)C(C)C)cc1. The molecule has 0 aromatic heterocycles. The molecule has 0 spiro atoms. The summed E-state index contributed by atoms with van der Waals surface area (Å²) in [6.07, 6.45) is 0.546. The van der Waals surface area contributed by atoms with Crippen molar-refractivity contribution in [1.29, 1.82) is 0 Å². The fourth-order valence-corrected chi connectivity index (χ4v) is 1.91. The molecule has 0 saturated carbocycles. The highest BCUT2D eigenvalue weighted by Crippen LogP contribution is 2.13. The molecule has 0 fully saturated rings. The van der Waals surface area contributed by atoms with Gasteiger partial charge in [-0.1, -0.05) is 43.7 Å². The van der Waals surface area contributed by atoms with E-state index in [1.165, 1.54) is 0 Å². The second-order valence-electron chi connectivity index (χ2n) is 5.26. The van der Waals surface area contributed by atoms with E-state index in [9.17, 15) is 4.79 Å². The van der Waals surface area contributed by atoms with Gasteiger partial charge in [0.05, 0.1) is 0 Å². The zero-order valence-corrected chi connectivity index (χ0v) is 11.9. The molecule has 0 aliphatic rings. The van der Waals surface area contributed by atoms with E-state index in [0.717, 1.165) is 11.1 Å². The largest absolute Gasteiger partial charge is 0.396 e. The Hall–Kier alpha value is -1.39. The number of carbonyl (C=O) groups excluding carboxylic acids is 1. The van der Waals surface area contributed by atoms with Crippen LogP contribution in [-0.4, -0.2) is 23.7 Å². The first-order chi connectivity index (χ1) is 8.95. The van der Waals surface area contributed by atoms with Crippen molar-refractivity contribution in [3.05, 3.63) is 35.4 Å². The van der Waals surface area contributed by atoms with Crippen molar-refractivity contribution in [2.45, 2.75) is 39.3 Å². The number of amides is 1. The maximum absolute atomic E-state index is 12.1. The molecule has 4 N–H and O–H groups in total. The molecule has 0 saturated heterocycles. The highest BCUT2D eigenvalue weighted by Gasteiger charge is 2.21. The quantitative estimate of drug-likeness (QED) is 0.729. The fourth-order valence-electron chi connectivity index (χ4n) is 1.91. The van der Waals surface area contributed by atoms with E-state index in [1.807, 2.05) is 45.0 Å². The van der Waals surface area contributed by atoms with Crippen molar-refractivity contribution in [2.24, 2.45) is 11.7 Å². The van der Waals surface area contributed by atoms with Crippen LogP contribution in [0.3, 0.4) is 0 Å². The summed E-state index contributed by atoms with van der Waals surface area (Å²) in [4.78, 5) is 12.1. The maximum Gasteiger partial charge on any atom is 0.241 e. The van der Waals surface area contributed by atoms with Crippen LogP contribution in [0.1, 0.15) is 37.4 Å². The summed E-state index contributed by atoms with van der Waals surface area (Å²) in [5.41, 5.74) is 7.90. The molecule has 19 heavy (non-hydrogen) atoms. The van der Waals surface area contributed by atoms with E-state index in [-0.39, 0.29) is 24.5 Å². The van der Waals surface area contributed by atoms with Gasteiger partial charge in [-0.05, 0) is 24.8 Å². The van der Waals surface area contributed by atoms with Gasteiger partial charge in [0.1, 0.15) is 6.04 Å². The van der Waals surface area contributed by atoms with E-state index in [2.05, 4.69) is 5.32 Å². The third-order valence-electron chi connectivity index (χ3n) is 3.29. The monoisotopic (exact) mass is 264 g/mol. The number of aliphatic hydroxyl groups is 1. The van der Waals surface area contributed by atoms with Gasteiger partial charge in [-0.2, -0.15) is 0 Å². The first-order valence-corrected chi connectivity index (χ1v) is 6.69. The summed E-state index contributed by atoms with van der Waals surface area (Å²) in [7, 11) is 0. The molecule has 0 bridgehead atoms. The molecule has 0 aliphatic carbocycles. The molecule has 1 rings (SSSR count). The van der Waals surface area contributed by atoms with Crippen molar-refractivity contribution >= 4 is 5.91 Å². The smallest absolute Gasteiger partial charge is 0.241 e. The zero-order valence-electron chi connectivity index (χ0n) is 11.9. The molecule has 4 nitrogen and oxygen atoms in total. The van der Waals surface area contributed by atoms with Crippen LogP contribution >= 0.6 is 0 Å². The molecule has 0 aliphatic heterocycles. The Morgan fingerprint density at radius 2 is 1.89 bits per heavy atom. The summed E-state index contributed by atoms with van der Waals surface area (Å²) >= 11 is 0. The fraction of sp³-hybridized carbons (Fsp3) is 0.533. The van der Waals surface area contributed by atoms with Crippen molar-refractivity contribution in [3.63, 3.8) is 0 Å². The average molecular weight is 264 g/mol. The van der Waals surface area contributed by atoms with Crippen LogP contribution in [0.25, 0.3) is 0 Å². The first kappa shape index (κ1) is 15.7. The van der Waals surface area contributed by atoms with Crippen LogP contribution < -0.4 is 11.1 Å². The number of carbonyl (C=O) groups is 1. The Morgan fingerprint density at radius 1 is 1.32 bits per heavy atom.